The highest BCUT2D eigenvalue weighted by atomic mass is 79.9. The van der Waals surface area contributed by atoms with E-state index < -0.39 is 0 Å². The molecule has 0 aliphatic carbocycles. The summed E-state index contributed by atoms with van der Waals surface area (Å²) in [5.41, 5.74) is 3.40. The summed E-state index contributed by atoms with van der Waals surface area (Å²) in [6.45, 7) is 1.97. The summed E-state index contributed by atoms with van der Waals surface area (Å²) in [6, 6.07) is 13.5. The summed E-state index contributed by atoms with van der Waals surface area (Å²) in [5, 5.41) is 11.1. The van der Waals surface area contributed by atoms with Gasteiger partial charge >= 0.3 is 0 Å². The second-order valence-electron chi connectivity index (χ2n) is 4.91. The first-order valence-electron chi connectivity index (χ1n) is 6.62. The molecule has 0 aliphatic heterocycles. The van der Waals surface area contributed by atoms with E-state index in [1.54, 1.807) is 12.3 Å². The highest BCUT2D eigenvalue weighted by Gasteiger charge is 2.05. The van der Waals surface area contributed by atoms with E-state index in [1.807, 2.05) is 43.3 Å². The molecule has 0 unspecified atom stereocenters. The Labute approximate surface area is 145 Å². The predicted molar refractivity (Wildman–Crippen MR) is 97.2 cm³/mol. The number of pyridine rings is 1. The number of aliphatic imine (C=N–C) groups is 1. The number of fused-ring (bicyclic) bond motifs is 1. The second-order valence-corrected chi connectivity index (χ2v) is 6.68. The molecule has 0 spiro atoms. The van der Waals surface area contributed by atoms with Crippen molar-refractivity contribution >= 4 is 54.7 Å². The minimum Gasteiger partial charge on any atom is -0.506 e. The summed E-state index contributed by atoms with van der Waals surface area (Å²) in [7, 11) is 0. The van der Waals surface area contributed by atoms with Gasteiger partial charge in [-0.15, -0.1) is 0 Å². The number of phenols is 1. The molecule has 0 aliphatic rings. The van der Waals surface area contributed by atoms with Gasteiger partial charge in [0.2, 0.25) is 0 Å². The maximum atomic E-state index is 10.0. The van der Waals surface area contributed by atoms with E-state index in [4.69, 9.17) is 0 Å². The Morgan fingerprint density at radius 3 is 2.73 bits per heavy atom. The van der Waals surface area contributed by atoms with Gasteiger partial charge in [0.05, 0.1) is 15.7 Å². The van der Waals surface area contributed by atoms with E-state index in [-0.39, 0.29) is 5.75 Å². The fourth-order valence-corrected chi connectivity index (χ4v) is 3.38. The number of rotatable bonds is 2. The van der Waals surface area contributed by atoms with Crippen LogP contribution in [0.5, 0.6) is 5.75 Å². The molecular weight excluding hydrogens is 408 g/mol. The molecule has 2 aromatic carbocycles. The molecule has 0 bridgehead atoms. The lowest BCUT2D eigenvalue weighted by atomic mass is 10.2. The molecule has 3 rings (SSSR count). The van der Waals surface area contributed by atoms with Crippen molar-refractivity contribution in [3.05, 3.63) is 62.7 Å². The average molecular weight is 420 g/mol. The molecule has 0 saturated heterocycles. The summed E-state index contributed by atoms with van der Waals surface area (Å²) < 4.78 is 1.50. The highest BCUT2D eigenvalue weighted by Crippen LogP contribution is 2.31. The zero-order valence-corrected chi connectivity index (χ0v) is 14.9. The van der Waals surface area contributed by atoms with Crippen molar-refractivity contribution in [1.82, 2.24) is 4.98 Å². The van der Waals surface area contributed by atoms with Gasteiger partial charge in [0.15, 0.2) is 0 Å². The third-order valence-electron chi connectivity index (χ3n) is 3.22. The Bertz CT molecular complexity index is 891. The van der Waals surface area contributed by atoms with Crippen molar-refractivity contribution in [1.29, 1.82) is 0 Å². The van der Waals surface area contributed by atoms with E-state index in [9.17, 15) is 5.11 Å². The van der Waals surface area contributed by atoms with Crippen molar-refractivity contribution in [2.75, 3.05) is 0 Å². The number of hydrogen-bond donors (Lipinski definition) is 1. The third kappa shape index (κ3) is 3.20. The van der Waals surface area contributed by atoms with Crippen LogP contribution >= 0.6 is 31.9 Å². The molecule has 0 amide bonds. The average Bonchev–Trinajstić information content (AvgIpc) is 2.49. The second kappa shape index (κ2) is 6.18. The first kappa shape index (κ1) is 15.2. The molecule has 0 fully saturated rings. The van der Waals surface area contributed by atoms with Crippen LogP contribution < -0.4 is 0 Å². The first-order valence-corrected chi connectivity index (χ1v) is 8.21. The molecule has 5 heteroatoms. The highest BCUT2D eigenvalue weighted by molar-refractivity contribution is 9.11. The van der Waals surface area contributed by atoms with E-state index >= 15 is 0 Å². The SMILES string of the molecule is Cc1ccc2cc(N=Cc3cc(Br)cc(Br)c3O)ccc2n1. The first-order chi connectivity index (χ1) is 10.5. The topological polar surface area (TPSA) is 45.5 Å². The van der Waals surface area contributed by atoms with Crippen molar-refractivity contribution < 1.29 is 5.11 Å². The van der Waals surface area contributed by atoms with E-state index in [2.05, 4.69) is 41.8 Å². The summed E-state index contributed by atoms with van der Waals surface area (Å²) in [4.78, 5) is 8.91. The molecule has 22 heavy (non-hydrogen) atoms. The number of halogens is 2. The number of aryl methyl sites for hydroxylation is 1. The number of aromatic nitrogens is 1. The minimum absolute atomic E-state index is 0.171. The van der Waals surface area contributed by atoms with Crippen LogP contribution in [-0.4, -0.2) is 16.3 Å². The normalized spacial score (nSPS) is 11.4. The maximum Gasteiger partial charge on any atom is 0.138 e. The van der Waals surface area contributed by atoms with Gasteiger partial charge in [-0.2, -0.15) is 0 Å². The van der Waals surface area contributed by atoms with Gasteiger partial charge in [-0.1, -0.05) is 22.0 Å². The van der Waals surface area contributed by atoms with Crippen LogP contribution in [0.3, 0.4) is 0 Å². The summed E-state index contributed by atoms with van der Waals surface area (Å²) in [5.74, 6) is 0.171. The molecule has 0 atom stereocenters. The van der Waals surface area contributed by atoms with Gasteiger partial charge in [-0.25, -0.2) is 0 Å². The van der Waals surface area contributed by atoms with Crippen molar-refractivity contribution in [3.63, 3.8) is 0 Å². The van der Waals surface area contributed by atoms with Crippen LogP contribution in [0, 0.1) is 6.92 Å². The zero-order chi connectivity index (χ0) is 15.7. The minimum atomic E-state index is 0.171. The number of benzene rings is 2. The molecule has 3 aromatic rings. The molecule has 1 heterocycles. The molecule has 1 N–H and O–H groups in total. The Morgan fingerprint density at radius 1 is 1.09 bits per heavy atom. The smallest absolute Gasteiger partial charge is 0.138 e. The number of aromatic hydroxyl groups is 1. The predicted octanol–water partition coefficient (Wildman–Crippen LogP) is 5.52. The fraction of sp³-hybridized carbons (Fsp3) is 0.0588. The van der Waals surface area contributed by atoms with E-state index in [1.165, 1.54) is 0 Å². The molecule has 3 nitrogen and oxygen atoms in total. The number of hydrogen-bond acceptors (Lipinski definition) is 3. The van der Waals surface area contributed by atoms with Gasteiger partial charge in [0, 0.05) is 27.3 Å². The molecule has 110 valence electrons. The van der Waals surface area contributed by atoms with Crippen LogP contribution in [0.4, 0.5) is 5.69 Å². The van der Waals surface area contributed by atoms with Gasteiger partial charge in [0.25, 0.3) is 0 Å². The van der Waals surface area contributed by atoms with E-state index in [0.29, 0.717) is 10.0 Å². The lowest BCUT2D eigenvalue weighted by Crippen LogP contribution is -1.85. The molecular formula is C17H12Br2N2O. The quantitative estimate of drug-likeness (QED) is 0.555. The summed E-state index contributed by atoms with van der Waals surface area (Å²) in [6.07, 6.45) is 1.65. The summed E-state index contributed by atoms with van der Waals surface area (Å²) >= 11 is 6.71. The van der Waals surface area contributed by atoms with Gasteiger partial charge in [-0.05, 0) is 59.3 Å². The lowest BCUT2D eigenvalue weighted by Gasteiger charge is -2.03. The van der Waals surface area contributed by atoms with Crippen molar-refractivity contribution in [2.24, 2.45) is 4.99 Å². The van der Waals surface area contributed by atoms with Crippen LogP contribution in [0.15, 0.2) is 56.4 Å². The van der Waals surface area contributed by atoms with Crippen molar-refractivity contribution in [2.45, 2.75) is 6.92 Å². The molecule has 0 radical (unpaired) electrons. The van der Waals surface area contributed by atoms with Gasteiger partial charge in [0.1, 0.15) is 5.75 Å². The standard InChI is InChI=1S/C17H12Br2N2O/c1-10-2-3-11-7-14(4-5-16(11)21-10)20-9-12-6-13(18)8-15(19)17(12)22/h2-9,22H,1H3. The van der Waals surface area contributed by atoms with Gasteiger partial charge in [-0.3, -0.25) is 9.98 Å². The molecule has 0 saturated carbocycles. The Morgan fingerprint density at radius 2 is 1.91 bits per heavy atom. The Kier molecular flexibility index (Phi) is 4.27. The van der Waals surface area contributed by atoms with Crippen LogP contribution in [0.2, 0.25) is 0 Å². The Balaban J connectivity index is 1.97. The van der Waals surface area contributed by atoms with Crippen LogP contribution in [-0.2, 0) is 0 Å². The lowest BCUT2D eigenvalue weighted by molar-refractivity contribution is 0.471. The van der Waals surface area contributed by atoms with E-state index in [0.717, 1.165) is 26.8 Å². The Hall–Kier alpha value is -1.72. The van der Waals surface area contributed by atoms with Crippen LogP contribution in [0.1, 0.15) is 11.3 Å². The van der Waals surface area contributed by atoms with Crippen LogP contribution in [0.25, 0.3) is 10.9 Å². The third-order valence-corrected chi connectivity index (χ3v) is 4.28. The maximum absolute atomic E-state index is 10.0. The van der Waals surface area contributed by atoms with Crippen molar-refractivity contribution in [3.8, 4) is 5.75 Å². The largest absolute Gasteiger partial charge is 0.506 e. The monoisotopic (exact) mass is 418 g/mol. The number of phenolic OH excluding ortho intramolecular Hbond substituents is 1. The fourth-order valence-electron chi connectivity index (χ4n) is 2.12. The number of nitrogens with zero attached hydrogens (tertiary/aromatic N) is 2. The molecule has 1 aromatic heterocycles. The zero-order valence-electron chi connectivity index (χ0n) is 11.7. The van der Waals surface area contributed by atoms with Gasteiger partial charge < -0.3 is 5.11 Å².